The lowest BCUT2D eigenvalue weighted by Gasteiger charge is -2.25. The van der Waals surface area contributed by atoms with Gasteiger partial charge in [0.05, 0.1) is 23.7 Å². The number of anilines is 1. The molecule has 0 radical (unpaired) electrons. The SMILES string of the molecule is COc1ccc(N(CC(=O)NC(C)c2ccc3c(c2)CCC3)S(=O)(=O)c2ccc(C)cc2)cc1. The zero-order valence-electron chi connectivity index (χ0n) is 19.7. The summed E-state index contributed by atoms with van der Waals surface area (Å²) in [6.45, 7) is 3.48. The number of carbonyl (C=O) groups is 1. The normalized spacial score (nSPS) is 13.7. The summed E-state index contributed by atoms with van der Waals surface area (Å²) < 4.78 is 33.4. The number of amides is 1. The van der Waals surface area contributed by atoms with Crippen molar-refractivity contribution in [3.05, 3.63) is 89.0 Å². The van der Waals surface area contributed by atoms with Crippen molar-refractivity contribution in [2.75, 3.05) is 18.0 Å². The Morgan fingerprint density at radius 3 is 2.35 bits per heavy atom. The highest BCUT2D eigenvalue weighted by molar-refractivity contribution is 7.92. The van der Waals surface area contributed by atoms with Crippen LogP contribution in [-0.2, 0) is 27.7 Å². The fraction of sp³-hybridized carbons (Fsp3) is 0.296. The zero-order chi connectivity index (χ0) is 24.3. The van der Waals surface area contributed by atoms with E-state index in [0.29, 0.717) is 11.4 Å². The second-order valence-corrected chi connectivity index (χ2v) is 10.6. The minimum Gasteiger partial charge on any atom is -0.497 e. The Hall–Kier alpha value is -3.32. The third kappa shape index (κ3) is 5.09. The number of fused-ring (bicyclic) bond motifs is 1. The van der Waals surface area contributed by atoms with Gasteiger partial charge in [0.2, 0.25) is 5.91 Å². The van der Waals surface area contributed by atoms with Gasteiger partial charge in [-0.25, -0.2) is 8.42 Å². The molecule has 1 N–H and O–H groups in total. The molecule has 1 unspecified atom stereocenters. The molecule has 1 aliphatic carbocycles. The van der Waals surface area contributed by atoms with Crippen LogP contribution in [0, 0.1) is 6.92 Å². The van der Waals surface area contributed by atoms with Crippen LogP contribution in [0.5, 0.6) is 5.75 Å². The van der Waals surface area contributed by atoms with E-state index in [2.05, 4.69) is 17.4 Å². The lowest BCUT2D eigenvalue weighted by Crippen LogP contribution is -2.41. The number of rotatable bonds is 8. The number of benzene rings is 3. The topological polar surface area (TPSA) is 75.7 Å². The van der Waals surface area contributed by atoms with Crippen molar-refractivity contribution in [1.29, 1.82) is 0 Å². The van der Waals surface area contributed by atoms with Gasteiger partial charge < -0.3 is 10.1 Å². The Morgan fingerprint density at radius 2 is 1.68 bits per heavy atom. The van der Waals surface area contributed by atoms with Crippen molar-refractivity contribution in [2.24, 2.45) is 0 Å². The fourth-order valence-corrected chi connectivity index (χ4v) is 5.68. The van der Waals surface area contributed by atoms with Gasteiger partial charge in [-0.15, -0.1) is 0 Å². The van der Waals surface area contributed by atoms with Crippen molar-refractivity contribution in [3.8, 4) is 5.75 Å². The Labute approximate surface area is 201 Å². The largest absolute Gasteiger partial charge is 0.497 e. The molecule has 3 aromatic rings. The molecular weight excluding hydrogens is 448 g/mol. The summed E-state index contributed by atoms with van der Waals surface area (Å²) in [5.74, 6) is 0.227. The van der Waals surface area contributed by atoms with E-state index in [-0.39, 0.29) is 23.4 Å². The summed E-state index contributed by atoms with van der Waals surface area (Å²) in [4.78, 5) is 13.2. The fourth-order valence-electron chi connectivity index (χ4n) is 4.26. The number of hydrogen-bond donors (Lipinski definition) is 1. The van der Waals surface area contributed by atoms with Gasteiger partial charge in [-0.3, -0.25) is 9.10 Å². The van der Waals surface area contributed by atoms with Gasteiger partial charge >= 0.3 is 0 Å². The highest BCUT2D eigenvalue weighted by Crippen LogP contribution is 2.27. The summed E-state index contributed by atoms with van der Waals surface area (Å²) in [7, 11) is -2.42. The minimum atomic E-state index is -3.96. The Balaban J connectivity index is 1.58. The number of hydrogen-bond acceptors (Lipinski definition) is 4. The third-order valence-corrected chi connectivity index (χ3v) is 8.04. The van der Waals surface area contributed by atoms with Gasteiger partial charge in [0.25, 0.3) is 10.0 Å². The van der Waals surface area contributed by atoms with Crippen LogP contribution in [0.25, 0.3) is 0 Å². The van der Waals surface area contributed by atoms with Crippen LogP contribution >= 0.6 is 0 Å². The summed E-state index contributed by atoms with van der Waals surface area (Å²) >= 11 is 0. The van der Waals surface area contributed by atoms with E-state index in [0.717, 1.165) is 34.7 Å². The van der Waals surface area contributed by atoms with E-state index in [1.165, 1.54) is 11.1 Å². The zero-order valence-corrected chi connectivity index (χ0v) is 20.6. The first-order valence-electron chi connectivity index (χ1n) is 11.4. The molecule has 0 aliphatic heterocycles. The van der Waals surface area contributed by atoms with E-state index in [9.17, 15) is 13.2 Å². The van der Waals surface area contributed by atoms with Gasteiger partial charge in [-0.05, 0) is 86.2 Å². The number of sulfonamides is 1. The number of carbonyl (C=O) groups excluding carboxylic acids is 1. The summed E-state index contributed by atoms with van der Waals surface area (Å²) in [5.41, 5.74) is 5.07. The van der Waals surface area contributed by atoms with Gasteiger partial charge in [0, 0.05) is 0 Å². The minimum absolute atomic E-state index is 0.133. The van der Waals surface area contributed by atoms with Gasteiger partial charge in [-0.1, -0.05) is 35.9 Å². The molecule has 0 fully saturated rings. The summed E-state index contributed by atoms with van der Waals surface area (Å²) in [5, 5.41) is 2.97. The smallest absolute Gasteiger partial charge is 0.264 e. The van der Waals surface area contributed by atoms with E-state index in [1.807, 2.05) is 19.9 Å². The molecule has 0 spiro atoms. The monoisotopic (exact) mass is 478 g/mol. The van der Waals surface area contributed by atoms with Gasteiger partial charge in [0.1, 0.15) is 12.3 Å². The van der Waals surface area contributed by atoms with Crippen LogP contribution in [0.15, 0.2) is 71.6 Å². The summed E-state index contributed by atoms with van der Waals surface area (Å²) in [6.07, 6.45) is 3.32. The molecule has 0 heterocycles. The molecule has 7 heteroatoms. The molecule has 0 bridgehead atoms. The molecular formula is C27H30N2O4S. The molecule has 3 aromatic carbocycles. The van der Waals surface area contributed by atoms with Crippen LogP contribution in [0.2, 0.25) is 0 Å². The second kappa shape index (κ2) is 9.89. The lowest BCUT2D eigenvalue weighted by atomic mass is 10.0. The average Bonchev–Trinajstić information content (AvgIpc) is 3.31. The number of aryl methyl sites for hydroxylation is 3. The maximum atomic E-state index is 13.5. The highest BCUT2D eigenvalue weighted by atomic mass is 32.2. The van der Waals surface area contributed by atoms with E-state index in [4.69, 9.17) is 4.74 Å². The molecule has 1 amide bonds. The first-order valence-corrected chi connectivity index (χ1v) is 12.9. The number of nitrogens with one attached hydrogen (secondary N) is 1. The van der Waals surface area contributed by atoms with Crippen molar-refractivity contribution in [3.63, 3.8) is 0 Å². The van der Waals surface area contributed by atoms with Crippen molar-refractivity contribution < 1.29 is 17.9 Å². The predicted octanol–water partition coefficient (Wildman–Crippen LogP) is 4.57. The van der Waals surface area contributed by atoms with E-state index < -0.39 is 10.0 Å². The maximum Gasteiger partial charge on any atom is 0.264 e. The van der Waals surface area contributed by atoms with Crippen LogP contribution in [0.3, 0.4) is 0 Å². The van der Waals surface area contributed by atoms with Gasteiger partial charge in [-0.2, -0.15) is 0 Å². The average molecular weight is 479 g/mol. The molecule has 0 aromatic heterocycles. The molecule has 6 nitrogen and oxygen atoms in total. The quantitative estimate of drug-likeness (QED) is 0.515. The second-order valence-electron chi connectivity index (χ2n) is 8.69. The molecule has 0 saturated carbocycles. The van der Waals surface area contributed by atoms with Crippen LogP contribution < -0.4 is 14.4 Å². The molecule has 178 valence electrons. The Kier molecular flexibility index (Phi) is 6.93. The van der Waals surface area contributed by atoms with Crippen LogP contribution in [0.1, 0.15) is 41.6 Å². The van der Waals surface area contributed by atoms with E-state index in [1.54, 1.807) is 55.6 Å². The summed E-state index contributed by atoms with van der Waals surface area (Å²) in [6, 6.07) is 19.3. The third-order valence-electron chi connectivity index (χ3n) is 6.26. The van der Waals surface area contributed by atoms with Crippen molar-refractivity contribution >= 4 is 21.6 Å². The van der Waals surface area contributed by atoms with Crippen molar-refractivity contribution in [2.45, 2.75) is 44.0 Å². The first kappa shape index (κ1) is 23.8. The molecule has 1 atom stereocenters. The lowest BCUT2D eigenvalue weighted by molar-refractivity contribution is -0.120. The first-order chi connectivity index (χ1) is 16.3. The van der Waals surface area contributed by atoms with E-state index >= 15 is 0 Å². The Morgan fingerprint density at radius 1 is 1.00 bits per heavy atom. The van der Waals surface area contributed by atoms with Crippen LogP contribution in [0.4, 0.5) is 5.69 Å². The highest BCUT2D eigenvalue weighted by Gasteiger charge is 2.28. The maximum absolute atomic E-state index is 13.5. The molecule has 4 rings (SSSR count). The number of ether oxygens (including phenoxy) is 1. The van der Waals surface area contributed by atoms with Gasteiger partial charge in [0.15, 0.2) is 0 Å². The number of methoxy groups -OCH3 is 1. The Bertz CT molecular complexity index is 1270. The molecule has 0 saturated heterocycles. The standard InChI is InChI=1S/C27H30N2O4S/c1-19-7-15-26(16-8-19)34(31,32)29(24-11-13-25(33-3)14-12-24)18-27(30)28-20(2)22-10-9-21-5-4-6-23(21)17-22/h7-17,20H,4-6,18H2,1-3H3,(H,28,30). The predicted molar refractivity (Wildman–Crippen MR) is 134 cm³/mol. The van der Waals surface area contributed by atoms with Crippen molar-refractivity contribution in [1.82, 2.24) is 5.32 Å². The number of nitrogens with zero attached hydrogens (tertiary/aromatic N) is 1. The molecule has 1 aliphatic rings. The van der Waals surface area contributed by atoms with Crippen LogP contribution in [-0.4, -0.2) is 28.0 Å². The molecule has 34 heavy (non-hydrogen) atoms.